The van der Waals surface area contributed by atoms with Gasteiger partial charge in [0.05, 0.1) is 12.8 Å². The maximum atomic E-state index is 12.8. The Morgan fingerprint density at radius 3 is 2.57 bits per heavy atom. The molecule has 7 heteroatoms. The number of fused-ring (bicyclic) bond motifs is 1. The zero-order valence-corrected chi connectivity index (χ0v) is 20.2. The van der Waals surface area contributed by atoms with Gasteiger partial charge in [-0.3, -0.25) is 4.79 Å². The number of carbonyl (C=O) groups excluding carboxylic acids is 1. The van der Waals surface area contributed by atoms with Crippen molar-refractivity contribution in [3.8, 4) is 29.0 Å². The zero-order valence-electron chi connectivity index (χ0n) is 20.2. The standard InChI is InChI=1S/C30H24N4O3/c1-36-26-14-8-11-22-18-27(37-29(22)26)28-24(20-34(33-28)25-12-6-3-7-13-25)17-23(19-31)30(35)32-16-15-21-9-4-2-5-10-21/h2-14,17-18,20H,15-16H2,1H3,(H,32,35)/b23-17-. The number of methoxy groups -OCH3 is 1. The van der Waals surface area contributed by atoms with Crippen LogP contribution in [0.2, 0.25) is 0 Å². The molecule has 0 aliphatic rings. The Kier molecular flexibility index (Phi) is 6.82. The first-order valence-electron chi connectivity index (χ1n) is 11.8. The minimum atomic E-state index is -0.442. The van der Waals surface area contributed by atoms with Crippen molar-refractivity contribution >= 4 is 23.0 Å². The zero-order chi connectivity index (χ0) is 25.6. The molecule has 182 valence electrons. The highest BCUT2D eigenvalue weighted by atomic mass is 16.5. The molecular weight excluding hydrogens is 464 g/mol. The number of benzene rings is 3. The number of furan rings is 1. The smallest absolute Gasteiger partial charge is 0.261 e. The van der Waals surface area contributed by atoms with Gasteiger partial charge in [0.2, 0.25) is 0 Å². The van der Waals surface area contributed by atoms with Gasteiger partial charge in [0.15, 0.2) is 17.1 Å². The van der Waals surface area contributed by atoms with Crippen LogP contribution in [0, 0.1) is 11.3 Å². The predicted octanol–water partition coefficient (Wildman–Crippen LogP) is 5.56. The lowest BCUT2D eigenvalue weighted by Crippen LogP contribution is -2.26. The third-order valence-electron chi connectivity index (χ3n) is 5.93. The summed E-state index contributed by atoms with van der Waals surface area (Å²) in [6.07, 6.45) is 4.00. The number of nitrogens with zero attached hydrogens (tertiary/aromatic N) is 3. The molecule has 0 spiro atoms. The molecule has 0 aliphatic carbocycles. The van der Waals surface area contributed by atoms with Gasteiger partial charge in [-0.2, -0.15) is 10.4 Å². The second kappa shape index (κ2) is 10.7. The molecule has 0 aliphatic heterocycles. The molecule has 1 amide bonds. The van der Waals surface area contributed by atoms with Crippen molar-refractivity contribution in [1.82, 2.24) is 15.1 Å². The van der Waals surface area contributed by atoms with Crippen molar-refractivity contribution in [1.29, 1.82) is 5.26 Å². The first-order chi connectivity index (χ1) is 18.2. The minimum absolute atomic E-state index is 0.0179. The third kappa shape index (κ3) is 5.14. The van der Waals surface area contributed by atoms with Crippen LogP contribution in [-0.2, 0) is 11.2 Å². The number of para-hydroxylation sites is 2. The van der Waals surface area contributed by atoms with Crippen molar-refractivity contribution < 1.29 is 13.9 Å². The quantitative estimate of drug-likeness (QED) is 0.228. The van der Waals surface area contributed by atoms with Crippen molar-refractivity contribution in [2.75, 3.05) is 13.7 Å². The number of ether oxygens (including phenoxy) is 1. The largest absolute Gasteiger partial charge is 0.493 e. The molecule has 2 aromatic heterocycles. The average Bonchev–Trinajstić information content (AvgIpc) is 3.57. The normalized spacial score (nSPS) is 11.3. The second-order valence-electron chi connectivity index (χ2n) is 8.36. The first-order valence-corrected chi connectivity index (χ1v) is 11.8. The van der Waals surface area contributed by atoms with Gasteiger partial charge in [-0.15, -0.1) is 0 Å². The average molecular weight is 489 g/mol. The Morgan fingerprint density at radius 2 is 1.84 bits per heavy atom. The van der Waals surface area contributed by atoms with Gasteiger partial charge >= 0.3 is 0 Å². The van der Waals surface area contributed by atoms with E-state index in [2.05, 4.69) is 5.32 Å². The summed E-state index contributed by atoms with van der Waals surface area (Å²) in [5.74, 6) is 0.671. The molecule has 0 radical (unpaired) electrons. The Balaban J connectivity index is 1.50. The number of amides is 1. The van der Waals surface area contributed by atoms with E-state index in [-0.39, 0.29) is 5.57 Å². The van der Waals surface area contributed by atoms with Crippen LogP contribution in [-0.4, -0.2) is 29.3 Å². The highest BCUT2D eigenvalue weighted by Gasteiger charge is 2.19. The van der Waals surface area contributed by atoms with E-state index in [9.17, 15) is 10.1 Å². The van der Waals surface area contributed by atoms with Gasteiger partial charge in [0, 0.05) is 23.7 Å². The first kappa shape index (κ1) is 23.6. The van der Waals surface area contributed by atoms with Gasteiger partial charge in [-0.25, -0.2) is 4.68 Å². The summed E-state index contributed by atoms with van der Waals surface area (Å²) in [5.41, 5.74) is 3.61. The molecule has 5 aromatic rings. The summed E-state index contributed by atoms with van der Waals surface area (Å²) >= 11 is 0. The fraction of sp³-hybridized carbons (Fsp3) is 0.100. The SMILES string of the molecule is COc1cccc2cc(-c3nn(-c4ccccc4)cc3/C=C(/C#N)C(=O)NCCc3ccccc3)oc12. The lowest BCUT2D eigenvalue weighted by atomic mass is 10.1. The van der Waals surface area contributed by atoms with Gasteiger partial charge in [0.1, 0.15) is 17.3 Å². The molecule has 0 bridgehead atoms. The van der Waals surface area contributed by atoms with Crippen molar-refractivity contribution in [2.45, 2.75) is 6.42 Å². The van der Waals surface area contributed by atoms with E-state index in [1.54, 1.807) is 24.1 Å². The number of rotatable bonds is 8. The summed E-state index contributed by atoms with van der Waals surface area (Å²) in [6, 6.07) is 29.0. The van der Waals surface area contributed by atoms with E-state index in [0.717, 1.165) is 16.6 Å². The predicted molar refractivity (Wildman–Crippen MR) is 142 cm³/mol. The summed E-state index contributed by atoms with van der Waals surface area (Å²) in [6.45, 7) is 0.418. The third-order valence-corrected chi connectivity index (χ3v) is 5.93. The van der Waals surface area contributed by atoms with E-state index in [1.807, 2.05) is 91.0 Å². The van der Waals surface area contributed by atoms with Crippen LogP contribution in [0.4, 0.5) is 0 Å². The molecule has 7 nitrogen and oxygen atoms in total. The molecule has 0 saturated carbocycles. The summed E-state index contributed by atoms with van der Waals surface area (Å²) < 4.78 is 13.3. The molecule has 0 saturated heterocycles. The number of hydrogen-bond acceptors (Lipinski definition) is 5. The van der Waals surface area contributed by atoms with Crippen LogP contribution in [0.1, 0.15) is 11.1 Å². The fourth-order valence-corrected chi connectivity index (χ4v) is 4.08. The lowest BCUT2D eigenvalue weighted by Gasteiger charge is -2.04. The van der Waals surface area contributed by atoms with Crippen molar-refractivity contribution in [3.05, 3.63) is 108 Å². The number of aromatic nitrogens is 2. The summed E-state index contributed by atoms with van der Waals surface area (Å²) in [4.78, 5) is 12.8. The molecule has 3 aromatic carbocycles. The maximum absolute atomic E-state index is 12.8. The van der Waals surface area contributed by atoms with E-state index >= 15 is 0 Å². The second-order valence-corrected chi connectivity index (χ2v) is 8.36. The molecule has 2 heterocycles. The highest BCUT2D eigenvalue weighted by Crippen LogP contribution is 2.35. The molecule has 0 fully saturated rings. The Bertz CT molecular complexity index is 1610. The van der Waals surface area contributed by atoms with Crippen LogP contribution in [0.25, 0.3) is 34.2 Å². The van der Waals surface area contributed by atoms with Gasteiger partial charge in [-0.05, 0) is 42.3 Å². The van der Waals surface area contributed by atoms with Gasteiger partial charge in [-0.1, -0.05) is 60.7 Å². The molecule has 5 rings (SSSR count). The van der Waals surface area contributed by atoms with Gasteiger partial charge in [0.25, 0.3) is 5.91 Å². The van der Waals surface area contributed by atoms with Gasteiger partial charge < -0.3 is 14.5 Å². The lowest BCUT2D eigenvalue weighted by molar-refractivity contribution is -0.117. The van der Waals surface area contributed by atoms with Crippen LogP contribution >= 0.6 is 0 Å². The minimum Gasteiger partial charge on any atom is -0.493 e. The highest BCUT2D eigenvalue weighted by molar-refractivity contribution is 6.02. The number of nitrogens with one attached hydrogen (secondary N) is 1. The number of carbonyl (C=O) groups is 1. The Morgan fingerprint density at radius 1 is 1.08 bits per heavy atom. The Labute approximate surface area is 214 Å². The molecule has 1 N–H and O–H groups in total. The Hall–Kier alpha value is -5.09. The molecule has 37 heavy (non-hydrogen) atoms. The van der Waals surface area contributed by atoms with E-state index in [0.29, 0.717) is 41.3 Å². The fourth-order valence-electron chi connectivity index (χ4n) is 4.08. The topological polar surface area (TPSA) is 93.1 Å². The van der Waals surface area contributed by atoms with E-state index < -0.39 is 5.91 Å². The van der Waals surface area contributed by atoms with Crippen molar-refractivity contribution in [3.63, 3.8) is 0 Å². The maximum Gasteiger partial charge on any atom is 0.261 e. The van der Waals surface area contributed by atoms with Crippen LogP contribution < -0.4 is 10.1 Å². The molecular formula is C30H24N4O3. The van der Waals surface area contributed by atoms with Crippen LogP contribution in [0.5, 0.6) is 5.75 Å². The van der Waals surface area contributed by atoms with Crippen molar-refractivity contribution in [2.24, 2.45) is 0 Å². The summed E-state index contributed by atoms with van der Waals surface area (Å²) in [5, 5.41) is 18.2. The summed E-state index contributed by atoms with van der Waals surface area (Å²) in [7, 11) is 1.59. The van der Waals surface area contributed by atoms with E-state index in [4.69, 9.17) is 14.3 Å². The van der Waals surface area contributed by atoms with E-state index in [1.165, 1.54) is 0 Å². The number of nitriles is 1. The monoisotopic (exact) mass is 488 g/mol. The van der Waals surface area contributed by atoms with Crippen LogP contribution in [0.15, 0.2) is 101 Å². The molecule has 0 atom stereocenters. The molecule has 0 unspecified atom stereocenters. The number of hydrogen-bond donors (Lipinski definition) is 1. The van der Waals surface area contributed by atoms with Crippen LogP contribution in [0.3, 0.4) is 0 Å².